The maximum Gasteiger partial charge on any atom is 0.411 e. The van der Waals surface area contributed by atoms with E-state index in [9.17, 15) is 18.8 Å². The molecule has 0 aromatic heterocycles. The van der Waals surface area contributed by atoms with Crippen molar-refractivity contribution in [1.29, 1.82) is 0 Å². The van der Waals surface area contributed by atoms with Crippen LogP contribution in [0.5, 0.6) is 0 Å². The first-order valence-electron chi connectivity index (χ1n) is 10.8. The highest BCUT2D eigenvalue weighted by Gasteiger charge is 2.29. The summed E-state index contributed by atoms with van der Waals surface area (Å²) in [5.41, 5.74) is 4.15. The third kappa shape index (κ3) is 4.61. The van der Waals surface area contributed by atoms with Crippen LogP contribution in [0.3, 0.4) is 0 Å². The molecule has 174 valence electrons. The molecular weight excluding hydrogens is 439 g/mol. The maximum atomic E-state index is 14.5. The number of anilines is 1. The summed E-state index contributed by atoms with van der Waals surface area (Å²) in [6.07, 6.45) is -0.597. The number of ether oxygens (including phenoxy) is 1. The van der Waals surface area contributed by atoms with Crippen molar-refractivity contribution in [3.63, 3.8) is 0 Å². The van der Waals surface area contributed by atoms with Gasteiger partial charge >= 0.3 is 12.1 Å². The number of amides is 2. The Morgan fingerprint density at radius 3 is 2.18 bits per heavy atom. The van der Waals surface area contributed by atoms with E-state index in [-0.39, 0.29) is 30.2 Å². The van der Waals surface area contributed by atoms with Crippen LogP contribution in [0.1, 0.15) is 40.7 Å². The van der Waals surface area contributed by atoms with Gasteiger partial charge in [0.1, 0.15) is 18.5 Å². The molecule has 0 spiro atoms. The fourth-order valence-electron chi connectivity index (χ4n) is 4.10. The van der Waals surface area contributed by atoms with E-state index >= 15 is 0 Å². The van der Waals surface area contributed by atoms with Crippen molar-refractivity contribution in [2.75, 3.05) is 11.9 Å². The molecule has 0 aliphatic heterocycles. The molecule has 1 unspecified atom stereocenters. The molecule has 7 nitrogen and oxygen atoms in total. The third-order valence-corrected chi connectivity index (χ3v) is 5.82. The van der Waals surface area contributed by atoms with Gasteiger partial charge in [0.2, 0.25) is 0 Å². The first kappa shape index (κ1) is 23.0. The minimum Gasteiger partial charge on any atom is -0.480 e. The Morgan fingerprint density at radius 2 is 1.62 bits per heavy atom. The number of carboxylic acid groups (broad SMARTS) is 1. The summed E-state index contributed by atoms with van der Waals surface area (Å²) in [6.45, 7) is 1.70. The molecule has 3 N–H and O–H groups in total. The zero-order chi connectivity index (χ0) is 24.2. The maximum absolute atomic E-state index is 14.5. The summed E-state index contributed by atoms with van der Waals surface area (Å²) in [5, 5.41) is 13.8. The van der Waals surface area contributed by atoms with Crippen LogP contribution >= 0.6 is 0 Å². The first-order chi connectivity index (χ1) is 16.4. The predicted molar refractivity (Wildman–Crippen MR) is 124 cm³/mol. The van der Waals surface area contributed by atoms with Gasteiger partial charge < -0.3 is 15.2 Å². The van der Waals surface area contributed by atoms with Crippen LogP contribution in [0.4, 0.5) is 14.9 Å². The first-order valence-corrected chi connectivity index (χ1v) is 10.8. The average molecular weight is 462 g/mol. The van der Waals surface area contributed by atoms with E-state index < -0.39 is 29.8 Å². The van der Waals surface area contributed by atoms with Crippen LogP contribution in [0.2, 0.25) is 0 Å². The van der Waals surface area contributed by atoms with E-state index in [1.807, 2.05) is 48.5 Å². The van der Waals surface area contributed by atoms with E-state index in [0.29, 0.717) is 0 Å². The molecule has 1 aliphatic carbocycles. The van der Waals surface area contributed by atoms with Crippen molar-refractivity contribution >= 4 is 23.7 Å². The van der Waals surface area contributed by atoms with Gasteiger partial charge in [-0.15, -0.1) is 0 Å². The van der Waals surface area contributed by atoms with Crippen molar-refractivity contribution in [2.24, 2.45) is 0 Å². The smallest absolute Gasteiger partial charge is 0.411 e. The summed E-state index contributed by atoms with van der Waals surface area (Å²) in [6, 6.07) is 18.3. The Bertz CT molecular complexity index is 1210. The minimum atomic E-state index is -1.20. The number of hydrogen-bond donors (Lipinski definition) is 3. The molecule has 3 aromatic rings. The second-order valence-corrected chi connectivity index (χ2v) is 7.92. The fraction of sp³-hybridized carbons (Fsp3) is 0.192. The molecule has 4 rings (SSSR count). The van der Waals surface area contributed by atoms with Crippen LogP contribution in [0, 0.1) is 5.82 Å². The molecule has 0 saturated heterocycles. The number of rotatable bonds is 7. The lowest BCUT2D eigenvalue weighted by Gasteiger charge is -2.15. The molecule has 8 heteroatoms. The molecule has 2 amide bonds. The van der Waals surface area contributed by atoms with Gasteiger partial charge in [0.25, 0.3) is 5.91 Å². The summed E-state index contributed by atoms with van der Waals surface area (Å²) in [4.78, 5) is 35.7. The Balaban J connectivity index is 1.40. The topological polar surface area (TPSA) is 105 Å². The van der Waals surface area contributed by atoms with Gasteiger partial charge in [0.15, 0.2) is 0 Å². The number of nitrogens with one attached hydrogen (secondary N) is 2. The number of benzene rings is 3. The predicted octanol–water partition coefficient (Wildman–Crippen LogP) is 4.78. The highest BCUT2D eigenvalue weighted by Crippen LogP contribution is 2.44. The highest BCUT2D eigenvalue weighted by atomic mass is 19.1. The van der Waals surface area contributed by atoms with Crippen LogP contribution < -0.4 is 10.6 Å². The molecule has 0 bridgehead atoms. The Kier molecular flexibility index (Phi) is 6.58. The van der Waals surface area contributed by atoms with Crippen molar-refractivity contribution in [1.82, 2.24) is 5.32 Å². The molecule has 1 atom stereocenters. The Labute approximate surface area is 195 Å². The largest absolute Gasteiger partial charge is 0.480 e. The summed E-state index contributed by atoms with van der Waals surface area (Å²) in [5.74, 6) is -3.06. The summed E-state index contributed by atoms with van der Waals surface area (Å²) >= 11 is 0. The quantitative estimate of drug-likeness (QED) is 0.469. The lowest BCUT2D eigenvalue weighted by Crippen LogP contribution is -2.40. The number of carbonyl (C=O) groups excluding carboxylic acids is 2. The van der Waals surface area contributed by atoms with Crippen LogP contribution in [-0.2, 0) is 9.53 Å². The SMILES string of the molecule is CCC(NC(=O)c1ccc(NC(=O)OCC2c3ccccc3-c3ccccc32)cc1F)C(=O)O. The fourth-order valence-corrected chi connectivity index (χ4v) is 4.10. The number of fused-ring (bicyclic) bond motifs is 3. The highest BCUT2D eigenvalue weighted by molar-refractivity contribution is 5.97. The van der Waals surface area contributed by atoms with Crippen LogP contribution in [0.15, 0.2) is 66.7 Å². The second-order valence-electron chi connectivity index (χ2n) is 7.92. The van der Waals surface area contributed by atoms with Gasteiger partial charge in [0.05, 0.1) is 5.56 Å². The number of carbonyl (C=O) groups is 3. The lowest BCUT2D eigenvalue weighted by molar-refractivity contribution is -0.139. The molecule has 34 heavy (non-hydrogen) atoms. The average Bonchev–Trinajstić information content (AvgIpc) is 3.14. The lowest BCUT2D eigenvalue weighted by atomic mass is 9.98. The molecule has 1 aliphatic rings. The van der Waals surface area contributed by atoms with E-state index in [0.717, 1.165) is 28.3 Å². The number of carboxylic acids is 1. The van der Waals surface area contributed by atoms with Crippen LogP contribution in [-0.4, -0.2) is 35.7 Å². The third-order valence-electron chi connectivity index (χ3n) is 5.82. The number of halogens is 1. The molecule has 0 saturated carbocycles. The van der Waals surface area contributed by atoms with Crippen molar-refractivity contribution in [2.45, 2.75) is 25.3 Å². The number of aliphatic carboxylic acids is 1. The van der Waals surface area contributed by atoms with Gasteiger partial charge in [-0.3, -0.25) is 10.1 Å². The van der Waals surface area contributed by atoms with E-state index in [2.05, 4.69) is 10.6 Å². The monoisotopic (exact) mass is 462 g/mol. The van der Waals surface area contributed by atoms with Crippen molar-refractivity contribution in [3.8, 4) is 11.1 Å². The van der Waals surface area contributed by atoms with Gasteiger partial charge in [-0.05, 0) is 46.9 Å². The van der Waals surface area contributed by atoms with E-state index in [1.165, 1.54) is 12.1 Å². The zero-order valence-electron chi connectivity index (χ0n) is 18.4. The normalized spacial score (nSPS) is 12.9. The Morgan fingerprint density at radius 1 is 1.00 bits per heavy atom. The summed E-state index contributed by atoms with van der Waals surface area (Å²) < 4.78 is 19.9. The zero-order valence-corrected chi connectivity index (χ0v) is 18.4. The molecular formula is C26H23FN2O5. The summed E-state index contributed by atoms with van der Waals surface area (Å²) in [7, 11) is 0. The van der Waals surface area contributed by atoms with Crippen LogP contribution in [0.25, 0.3) is 11.1 Å². The molecule has 0 fully saturated rings. The molecule has 3 aromatic carbocycles. The standard InChI is InChI=1S/C26H23FN2O5/c1-2-23(25(31)32)29-24(30)20-12-11-15(13-22(20)27)28-26(33)34-14-21-18-9-5-3-7-16(18)17-8-4-6-10-19(17)21/h3-13,21,23H,2,14H2,1H3,(H,28,33)(H,29,30)(H,31,32). The number of hydrogen-bond acceptors (Lipinski definition) is 4. The molecule has 0 radical (unpaired) electrons. The second kappa shape index (κ2) is 9.74. The van der Waals surface area contributed by atoms with Gasteiger partial charge in [-0.25, -0.2) is 14.0 Å². The van der Waals surface area contributed by atoms with Gasteiger partial charge in [-0.1, -0.05) is 55.5 Å². The van der Waals surface area contributed by atoms with Gasteiger partial charge in [-0.2, -0.15) is 0 Å². The Hall–Kier alpha value is -4.20. The molecule has 0 heterocycles. The van der Waals surface area contributed by atoms with Crippen molar-refractivity contribution in [3.05, 3.63) is 89.2 Å². The van der Waals surface area contributed by atoms with E-state index in [4.69, 9.17) is 9.84 Å². The minimum absolute atomic E-state index is 0.108. The van der Waals surface area contributed by atoms with E-state index in [1.54, 1.807) is 6.92 Å². The van der Waals surface area contributed by atoms with Crippen molar-refractivity contribution < 1.29 is 28.6 Å². The van der Waals surface area contributed by atoms with Gasteiger partial charge in [0, 0.05) is 11.6 Å².